The van der Waals surface area contributed by atoms with Crippen LogP contribution in [0.25, 0.3) is 0 Å². The summed E-state index contributed by atoms with van der Waals surface area (Å²) in [5, 5.41) is 0. The van der Waals surface area contributed by atoms with Gasteiger partial charge in [0.2, 0.25) is 0 Å². The molecule has 2 amide bonds. The van der Waals surface area contributed by atoms with Gasteiger partial charge in [-0.15, -0.1) is 0 Å². The highest BCUT2D eigenvalue weighted by Crippen LogP contribution is 2.28. The molecule has 0 unspecified atom stereocenters. The summed E-state index contributed by atoms with van der Waals surface area (Å²) in [5.74, 6) is -0.442. The number of ether oxygens (including phenoxy) is 3. The number of carbonyl (C=O) groups is 3. The molecule has 2 aromatic rings. The third kappa shape index (κ3) is 6.73. The van der Waals surface area contributed by atoms with E-state index in [0.717, 1.165) is 11.1 Å². The Balaban J connectivity index is 1.82. The Hall–Kier alpha value is -3.55. The number of nitrogens with zero attached hydrogens (tertiary/aromatic N) is 2. The van der Waals surface area contributed by atoms with Gasteiger partial charge in [0.1, 0.15) is 12.2 Å². The van der Waals surface area contributed by atoms with Crippen molar-refractivity contribution in [2.45, 2.75) is 45.4 Å². The minimum absolute atomic E-state index is 0.171. The maximum Gasteiger partial charge on any atom is 0.410 e. The topological polar surface area (TPSA) is 85.4 Å². The standard InChI is InChI=1S/C26H32N2O6/c1-26(2,3)34-25(31)28-16-8-15-27(24(30)33-18-19-9-6-5-7-10-19)17-22(28)20-11-13-21(14-12-20)23(29)32-4/h5-7,9-14,22H,8,15-18H2,1-4H3/t22-/m0/s1. The van der Waals surface area contributed by atoms with E-state index < -0.39 is 29.8 Å². The van der Waals surface area contributed by atoms with E-state index in [-0.39, 0.29) is 13.2 Å². The molecule has 2 aromatic carbocycles. The van der Waals surface area contributed by atoms with Crippen molar-refractivity contribution in [1.29, 1.82) is 0 Å². The van der Waals surface area contributed by atoms with Crippen LogP contribution in [0.4, 0.5) is 9.59 Å². The molecule has 3 rings (SSSR count). The molecular formula is C26H32N2O6. The molecule has 34 heavy (non-hydrogen) atoms. The first kappa shape index (κ1) is 25.1. The molecular weight excluding hydrogens is 436 g/mol. The van der Waals surface area contributed by atoms with Gasteiger partial charge in [-0.05, 0) is 50.5 Å². The summed E-state index contributed by atoms with van der Waals surface area (Å²) in [6.45, 7) is 6.72. The van der Waals surface area contributed by atoms with Crippen molar-refractivity contribution in [3.8, 4) is 0 Å². The fourth-order valence-electron chi connectivity index (χ4n) is 3.75. The number of carbonyl (C=O) groups excluding carboxylic acids is 3. The highest BCUT2D eigenvalue weighted by molar-refractivity contribution is 5.89. The minimum atomic E-state index is -0.656. The first-order valence-corrected chi connectivity index (χ1v) is 11.3. The van der Waals surface area contributed by atoms with Crippen molar-refractivity contribution in [3.05, 3.63) is 71.3 Å². The van der Waals surface area contributed by atoms with E-state index in [4.69, 9.17) is 14.2 Å². The Bertz CT molecular complexity index is 985. The molecule has 8 nitrogen and oxygen atoms in total. The van der Waals surface area contributed by atoms with E-state index in [1.165, 1.54) is 7.11 Å². The Kier molecular flexibility index (Phi) is 8.15. The maximum atomic E-state index is 13.1. The van der Waals surface area contributed by atoms with Crippen molar-refractivity contribution < 1.29 is 28.6 Å². The van der Waals surface area contributed by atoms with E-state index in [1.54, 1.807) is 34.1 Å². The molecule has 1 aliphatic rings. The zero-order chi connectivity index (χ0) is 24.7. The smallest absolute Gasteiger partial charge is 0.410 e. The van der Waals surface area contributed by atoms with Crippen LogP contribution in [0.2, 0.25) is 0 Å². The molecule has 1 heterocycles. The summed E-state index contributed by atoms with van der Waals surface area (Å²) in [4.78, 5) is 41.0. The molecule has 8 heteroatoms. The lowest BCUT2D eigenvalue weighted by molar-refractivity contribution is 0.0154. The summed E-state index contributed by atoms with van der Waals surface area (Å²) in [6.07, 6.45) is -0.309. The van der Waals surface area contributed by atoms with Crippen molar-refractivity contribution >= 4 is 18.2 Å². The van der Waals surface area contributed by atoms with Crippen LogP contribution in [-0.2, 0) is 20.8 Å². The van der Waals surface area contributed by atoms with Crippen LogP contribution >= 0.6 is 0 Å². The van der Waals surface area contributed by atoms with E-state index in [0.29, 0.717) is 25.1 Å². The fraction of sp³-hybridized carbons (Fsp3) is 0.423. The highest BCUT2D eigenvalue weighted by Gasteiger charge is 2.34. The van der Waals surface area contributed by atoms with Gasteiger partial charge in [0.05, 0.1) is 18.7 Å². The van der Waals surface area contributed by atoms with Gasteiger partial charge in [0.15, 0.2) is 0 Å². The molecule has 0 aromatic heterocycles. The number of methoxy groups -OCH3 is 1. The predicted octanol–water partition coefficient (Wildman–Crippen LogP) is 4.79. The molecule has 0 bridgehead atoms. The van der Waals surface area contributed by atoms with E-state index in [1.807, 2.05) is 51.1 Å². The van der Waals surface area contributed by atoms with Gasteiger partial charge in [-0.3, -0.25) is 4.90 Å². The van der Waals surface area contributed by atoms with Gasteiger partial charge in [0, 0.05) is 19.6 Å². The normalized spacial score (nSPS) is 16.4. The summed E-state index contributed by atoms with van der Waals surface area (Å²) in [7, 11) is 1.32. The first-order chi connectivity index (χ1) is 16.2. The van der Waals surface area contributed by atoms with Gasteiger partial charge in [-0.2, -0.15) is 0 Å². The van der Waals surface area contributed by atoms with Crippen LogP contribution < -0.4 is 0 Å². The molecule has 182 valence electrons. The van der Waals surface area contributed by atoms with Crippen LogP contribution in [0, 0.1) is 0 Å². The van der Waals surface area contributed by atoms with Crippen molar-refractivity contribution in [2.75, 3.05) is 26.7 Å². The molecule has 0 saturated carbocycles. The Morgan fingerprint density at radius 3 is 2.24 bits per heavy atom. The second-order valence-corrected chi connectivity index (χ2v) is 9.14. The monoisotopic (exact) mass is 468 g/mol. The number of hydrogen-bond donors (Lipinski definition) is 0. The van der Waals surface area contributed by atoms with Gasteiger partial charge in [0.25, 0.3) is 0 Å². The molecule has 0 N–H and O–H groups in total. The van der Waals surface area contributed by atoms with Gasteiger partial charge in [-0.1, -0.05) is 42.5 Å². The van der Waals surface area contributed by atoms with Crippen LogP contribution in [0.5, 0.6) is 0 Å². The lowest BCUT2D eigenvalue weighted by Crippen LogP contribution is -2.42. The largest absolute Gasteiger partial charge is 0.465 e. The fourth-order valence-corrected chi connectivity index (χ4v) is 3.75. The third-order valence-electron chi connectivity index (χ3n) is 5.40. The lowest BCUT2D eigenvalue weighted by Gasteiger charge is -2.33. The van der Waals surface area contributed by atoms with Gasteiger partial charge in [-0.25, -0.2) is 14.4 Å². The maximum absolute atomic E-state index is 13.1. The molecule has 1 aliphatic heterocycles. The number of rotatable bonds is 4. The molecule has 0 radical (unpaired) electrons. The molecule has 1 saturated heterocycles. The predicted molar refractivity (Wildman–Crippen MR) is 126 cm³/mol. The summed E-state index contributed by atoms with van der Waals surface area (Å²) in [5.41, 5.74) is 1.43. The van der Waals surface area contributed by atoms with Crippen molar-refractivity contribution in [1.82, 2.24) is 9.80 Å². The van der Waals surface area contributed by atoms with Gasteiger partial charge >= 0.3 is 18.2 Å². The van der Waals surface area contributed by atoms with Gasteiger partial charge < -0.3 is 19.1 Å². The average Bonchev–Trinajstić information content (AvgIpc) is 3.05. The van der Waals surface area contributed by atoms with E-state index >= 15 is 0 Å². The van der Waals surface area contributed by atoms with E-state index in [2.05, 4.69) is 0 Å². The van der Waals surface area contributed by atoms with Crippen LogP contribution in [0.1, 0.15) is 54.7 Å². The van der Waals surface area contributed by atoms with E-state index in [9.17, 15) is 14.4 Å². The van der Waals surface area contributed by atoms with Crippen molar-refractivity contribution in [2.24, 2.45) is 0 Å². The number of esters is 1. The lowest BCUT2D eigenvalue weighted by atomic mass is 10.0. The number of benzene rings is 2. The average molecular weight is 469 g/mol. The number of amides is 2. The van der Waals surface area contributed by atoms with Crippen LogP contribution in [0.3, 0.4) is 0 Å². The molecule has 1 atom stereocenters. The summed E-state index contributed by atoms with van der Waals surface area (Å²) >= 11 is 0. The summed E-state index contributed by atoms with van der Waals surface area (Å²) < 4.78 is 16.0. The highest BCUT2D eigenvalue weighted by atomic mass is 16.6. The molecule has 0 spiro atoms. The molecule has 0 aliphatic carbocycles. The summed E-state index contributed by atoms with van der Waals surface area (Å²) in [6, 6.07) is 15.9. The van der Waals surface area contributed by atoms with Crippen LogP contribution in [0.15, 0.2) is 54.6 Å². The Morgan fingerprint density at radius 2 is 1.62 bits per heavy atom. The zero-order valence-corrected chi connectivity index (χ0v) is 20.2. The molecule has 1 fully saturated rings. The second-order valence-electron chi connectivity index (χ2n) is 9.14. The minimum Gasteiger partial charge on any atom is -0.465 e. The third-order valence-corrected chi connectivity index (χ3v) is 5.40. The number of hydrogen-bond acceptors (Lipinski definition) is 6. The van der Waals surface area contributed by atoms with Crippen molar-refractivity contribution in [3.63, 3.8) is 0 Å². The first-order valence-electron chi connectivity index (χ1n) is 11.3. The van der Waals surface area contributed by atoms with Crippen LogP contribution in [-0.4, -0.2) is 60.3 Å². The quantitative estimate of drug-likeness (QED) is 0.474. The Morgan fingerprint density at radius 1 is 0.941 bits per heavy atom. The Labute approximate surface area is 200 Å². The zero-order valence-electron chi connectivity index (χ0n) is 20.2. The second kappa shape index (κ2) is 11.0. The SMILES string of the molecule is COC(=O)c1ccc([C@@H]2CN(C(=O)OCc3ccccc3)CCCN2C(=O)OC(C)(C)C)cc1.